The molecule has 0 unspecified atom stereocenters. The number of H-pyrrole nitrogens is 2. The number of aryl methyl sites for hydroxylation is 2. The monoisotopic (exact) mass is 468 g/mol. The Hall–Kier alpha value is -4.72. The van der Waals surface area contributed by atoms with Crippen molar-refractivity contribution in [3.05, 3.63) is 105 Å². The molecule has 8 heteroatoms. The molecule has 4 aromatic rings. The predicted molar refractivity (Wildman–Crippen MR) is 134 cm³/mol. The van der Waals surface area contributed by atoms with Crippen LogP contribution in [0.4, 0.5) is 15.8 Å². The van der Waals surface area contributed by atoms with Crippen LogP contribution >= 0.6 is 0 Å². The van der Waals surface area contributed by atoms with Crippen molar-refractivity contribution in [2.45, 2.75) is 13.8 Å². The maximum absolute atomic E-state index is 13.2. The summed E-state index contributed by atoms with van der Waals surface area (Å²) in [5.41, 5.74) is 5.30. The number of fused-ring (bicyclic) bond motifs is 1. The third-order valence-corrected chi connectivity index (χ3v) is 5.88. The molecule has 0 bridgehead atoms. The van der Waals surface area contributed by atoms with E-state index in [4.69, 9.17) is 0 Å². The van der Waals surface area contributed by atoms with Gasteiger partial charge in [-0.3, -0.25) is 14.4 Å². The van der Waals surface area contributed by atoms with E-state index in [2.05, 4.69) is 20.6 Å². The molecule has 5 rings (SSSR count). The van der Waals surface area contributed by atoms with E-state index in [0.29, 0.717) is 22.5 Å². The molecule has 0 aliphatic carbocycles. The molecule has 4 N–H and O–H groups in total. The zero-order valence-electron chi connectivity index (χ0n) is 19.0. The molecule has 0 fully saturated rings. The van der Waals surface area contributed by atoms with E-state index < -0.39 is 17.2 Å². The van der Waals surface area contributed by atoms with Crippen molar-refractivity contribution in [3.8, 4) is 11.1 Å². The quantitative estimate of drug-likeness (QED) is 0.321. The van der Waals surface area contributed by atoms with Crippen molar-refractivity contribution < 1.29 is 14.0 Å². The fraction of sp³-hybridized carbons (Fsp3) is 0.0741. The van der Waals surface area contributed by atoms with Crippen LogP contribution in [-0.2, 0) is 4.79 Å². The second kappa shape index (κ2) is 8.57. The Bertz CT molecular complexity index is 1580. The van der Waals surface area contributed by atoms with Gasteiger partial charge in [0.1, 0.15) is 11.4 Å². The number of aromatic nitrogens is 2. The van der Waals surface area contributed by atoms with Crippen molar-refractivity contribution in [1.82, 2.24) is 9.97 Å². The second-order valence-electron chi connectivity index (χ2n) is 8.39. The van der Waals surface area contributed by atoms with Crippen molar-refractivity contribution in [2.24, 2.45) is 0 Å². The van der Waals surface area contributed by atoms with E-state index in [0.717, 1.165) is 22.5 Å². The lowest BCUT2D eigenvalue weighted by Gasteiger charge is -2.08. The summed E-state index contributed by atoms with van der Waals surface area (Å²) in [5.74, 6) is -1.26. The summed E-state index contributed by atoms with van der Waals surface area (Å²) in [5, 5.41) is 5.54. The van der Waals surface area contributed by atoms with Crippen molar-refractivity contribution >= 4 is 34.8 Å². The van der Waals surface area contributed by atoms with Crippen LogP contribution in [0.1, 0.15) is 32.9 Å². The minimum absolute atomic E-state index is 0.0884. The molecule has 2 amide bonds. The van der Waals surface area contributed by atoms with Gasteiger partial charge in [-0.25, -0.2) is 4.39 Å². The molecule has 2 aromatic heterocycles. The molecule has 3 heterocycles. The van der Waals surface area contributed by atoms with Gasteiger partial charge in [0.05, 0.1) is 11.3 Å². The third-order valence-electron chi connectivity index (χ3n) is 5.88. The SMILES string of the molecule is Cc1cc(C)c(C=C2C(=O)Nc3cc(NC(=O)c4c[nH]cc(-c5ccc(F)cc5)c4=O)ccc32)[nH]1. The number of hydrogen-bond donors (Lipinski definition) is 4. The maximum atomic E-state index is 13.2. The van der Waals surface area contributed by atoms with Crippen molar-refractivity contribution in [2.75, 3.05) is 10.6 Å². The van der Waals surface area contributed by atoms with E-state index in [1.807, 2.05) is 26.0 Å². The molecule has 0 radical (unpaired) electrons. The fourth-order valence-electron chi connectivity index (χ4n) is 4.15. The Labute approximate surface area is 199 Å². The molecule has 174 valence electrons. The molecule has 0 atom stereocenters. The standard InChI is InChI=1S/C27H21FN4O3/c1-14-9-15(2)30-23(14)11-20-19-8-7-18(10-24(19)32-26(20)34)31-27(35)22-13-29-12-21(25(22)33)16-3-5-17(28)6-4-16/h3-13,30H,1-2H3,(H,29,33)(H,31,35)(H,32,34). The van der Waals surface area contributed by atoms with Gasteiger partial charge < -0.3 is 20.6 Å². The van der Waals surface area contributed by atoms with Crippen LogP contribution < -0.4 is 16.1 Å². The smallest absolute Gasteiger partial charge is 0.261 e. The van der Waals surface area contributed by atoms with Gasteiger partial charge >= 0.3 is 0 Å². The highest BCUT2D eigenvalue weighted by molar-refractivity contribution is 6.35. The number of benzene rings is 2. The summed E-state index contributed by atoms with van der Waals surface area (Å²) < 4.78 is 13.2. The minimum Gasteiger partial charge on any atom is -0.366 e. The summed E-state index contributed by atoms with van der Waals surface area (Å²) in [6, 6.07) is 12.5. The average molecular weight is 468 g/mol. The average Bonchev–Trinajstić information content (AvgIpc) is 3.31. The summed E-state index contributed by atoms with van der Waals surface area (Å²) in [7, 11) is 0. The van der Waals surface area contributed by atoms with E-state index in [1.54, 1.807) is 18.2 Å². The van der Waals surface area contributed by atoms with Gasteiger partial charge in [-0.15, -0.1) is 0 Å². The van der Waals surface area contributed by atoms with Gasteiger partial charge in [-0.2, -0.15) is 0 Å². The van der Waals surface area contributed by atoms with Crippen molar-refractivity contribution in [1.29, 1.82) is 0 Å². The number of nitrogens with one attached hydrogen (secondary N) is 4. The Morgan fingerprint density at radius 3 is 2.46 bits per heavy atom. The number of halogens is 1. The van der Waals surface area contributed by atoms with Crippen LogP contribution in [0, 0.1) is 19.7 Å². The van der Waals surface area contributed by atoms with Crippen LogP contribution in [0.25, 0.3) is 22.8 Å². The fourth-order valence-corrected chi connectivity index (χ4v) is 4.15. The summed E-state index contributed by atoms with van der Waals surface area (Å²) in [4.78, 5) is 44.5. The first-order chi connectivity index (χ1) is 16.8. The summed E-state index contributed by atoms with van der Waals surface area (Å²) >= 11 is 0. The Kier molecular flexibility index (Phi) is 5.41. The molecular weight excluding hydrogens is 447 g/mol. The molecule has 1 aliphatic heterocycles. The van der Waals surface area contributed by atoms with Gasteiger partial charge in [-0.1, -0.05) is 18.2 Å². The number of amides is 2. The Morgan fingerprint density at radius 1 is 0.971 bits per heavy atom. The highest BCUT2D eigenvalue weighted by atomic mass is 19.1. The Morgan fingerprint density at radius 2 is 1.74 bits per heavy atom. The first-order valence-electron chi connectivity index (χ1n) is 10.9. The van der Waals surface area contributed by atoms with Crippen LogP contribution in [0.15, 0.2) is 65.7 Å². The van der Waals surface area contributed by atoms with E-state index in [-0.39, 0.29) is 17.0 Å². The predicted octanol–water partition coefficient (Wildman–Crippen LogP) is 4.87. The number of carbonyl (C=O) groups excluding carboxylic acids is 2. The third kappa shape index (κ3) is 4.17. The second-order valence-corrected chi connectivity index (χ2v) is 8.39. The molecule has 0 saturated heterocycles. The molecule has 1 aliphatic rings. The first-order valence-corrected chi connectivity index (χ1v) is 10.9. The van der Waals surface area contributed by atoms with E-state index >= 15 is 0 Å². The molecule has 2 aromatic carbocycles. The number of hydrogen-bond acceptors (Lipinski definition) is 3. The number of pyridine rings is 1. The van der Waals surface area contributed by atoms with Gasteiger partial charge in [0.2, 0.25) is 5.43 Å². The first kappa shape index (κ1) is 22.1. The largest absolute Gasteiger partial charge is 0.366 e. The van der Waals surface area contributed by atoms with Gasteiger partial charge in [-0.05, 0) is 61.4 Å². The normalized spacial score (nSPS) is 13.6. The van der Waals surface area contributed by atoms with Crippen LogP contribution in [0.5, 0.6) is 0 Å². The van der Waals surface area contributed by atoms with Crippen LogP contribution in [0.2, 0.25) is 0 Å². The number of rotatable bonds is 4. The lowest BCUT2D eigenvalue weighted by Crippen LogP contribution is -2.22. The van der Waals surface area contributed by atoms with Crippen LogP contribution in [0.3, 0.4) is 0 Å². The molecular formula is C27H21FN4O3. The van der Waals surface area contributed by atoms with Crippen molar-refractivity contribution in [3.63, 3.8) is 0 Å². The topological polar surface area (TPSA) is 107 Å². The highest BCUT2D eigenvalue weighted by Gasteiger charge is 2.25. The van der Waals surface area contributed by atoms with E-state index in [9.17, 15) is 18.8 Å². The summed E-state index contributed by atoms with van der Waals surface area (Å²) in [6.45, 7) is 3.92. The number of anilines is 2. The summed E-state index contributed by atoms with van der Waals surface area (Å²) in [6.07, 6.45) is 4.60. The maximum Gasteiger partial charge on any atom is 0.261 e. The minimum atomic E-state index is -0.604. The Balaban J connectivity index is 1.41. The zero-order chi connectivity index (χ0) is 24.7. The zero-order valence-corrected chi connectivity index (χ0v) is 19.0. The molecule has 35 heavy (non-hydrogen) atoms. The molecule has 0 saturated carbocycles. The lowest BCUT2D eigenvalue weighted by molar-refractivity contribution is -0.110. The molecule has 7 nitrogen and oxygen atoms in total. The van der Waals surface area contributed by atoms with Gasteiger partial charge in [0.25, 0.3) is 11.8 Å². The number of carbonyl (C=O) groups is 2. The van der Waals surface area contributed by atoms with Crippen LogP contribution in [-0.4, -0.2) is 21.8 Å². The lowest BCUT2D eigenvalue weighted by atomic mass is 10.0. The molecule has 0 spiro atoms. The highest BCUT2D eigenvalue weighted by Crippen LogP contribution is 2.35. The number of aromatic amines is 2. The van der Waals surface area contributed by atoms with E-state index in [1.165, 1.54) is 36.7 Å². The van der Waals surface area contributed by atoms with Gasteiger partial charge in [0.15, 0.2) is 0 Å². The van der Waals surface area contributed by atoms with Gasteiger partial charge in [0, 0.05) is 40.6 Å².